The number of halogens is 2. The number of rotatable bonds is 3. The molecule has 4 aromatic rings. The van der Waals surface area contributed by atoms with E-state index in [0.717, 1.165) is 21.6 Å². The van der Waals surface area contributed by atoms with E-state index in [1.807, 2.05) is 48.0 Å². The monoisotopic (exact) mass is 385 g/mol. The van der Waals surface area contributed by atoms with Crippen molar-refractivity contribution in [3.05, 3.63) is 76.0 Å². The summed E-state index contributed by atoms with van der Waals surface area (Å²) in [7, 11) is 0. The van der Waals surface area contributed by atoms with Gasteiger partial charge in [0.05, 0.1) is 21.3 Å². The Kier molecular flexibility index (Phi) is 4.22. The smallest absolute Gasteiger partial charge is 0.265 e. The molecule has 0 aliphatic heterocycles. The molecule has 26 heavy (non-hydrogen) atoms. The van der Waals surface area contributed by atoms with E-state index in [0.29, 0.717) is 10.6 Å². The summed E-state index contributed by atoms with van der Waals surface area (Å²) in [5, 5.41) is 8.21. The third-order valence-electron chi connectivity index (χ3n) is 3.95. The predicted octanol–water partition coefficient (Wildman–Crippen LogP) is 5.44. The quantitative estimate of drug-likeness (QED) is 0.510. The van der Waals surface area contributed by atoms with Crippen LogP contribution in [0.4, 0.5) is 10.1 Å². The van der Waals surface area contributed by atoms with Gasteiger partial charge in [-0.3, -0.25) is 4.79 Å². The molecule has 0 atom stereocenters. The number of nitrogens with zero attached hydrogens (tertiary/aromatic N) is 2. The second kappa shape index (κ2) is 6.55. The van der Waals surface area contributed by atoms with Crippen molar-refractivity contribution in [1.82, 2.24) is 9.78 Å². The van der Waals surface area contributed by atoms with Crippen LogP contribution in [0.25, 0.3) is 15.9 Å². The van der Waals surface area contributed by atoms with Crippen molar-refractivity contribution in [3.63, 3.8) is 0 Å². The zero-order valence-corrected chi connectivity index (χ0v) is 15.2. The van der Waals surface area contributed by atoms with E-state index >= 15 is 0 Å². The van der Waals surface area contributed by atoms with E-state index in [9.17, 15) is 9.18 Å². The lowest BCUT2D eigenvalue weighted by Crippen LogP contribution is -2.10. The fourth-order valence-corrected chi connectivity index (χ4v) is 3.93. The number of fused-ring (bicyclic) bond motifs is 1. The normalized spacial score (nSPS) is 11.0. The van der Waals surface area contributed by atoms with Crippen LogP contribution in [0.1, 0.15) is 15.4 Å². The van der Waals surface area contributed by atoms with Crippen molar-refractivity contribution in [3.8, 4) is 5.69 Å². The average Bonchev–Trinajstić information content (AvgIpc) is 3.20. The molecular weight excluding hydrogens is 373 g/mol. The van der Waals surface area contributed by atoms with Crippen LogP contribution >= 0.6 is 22.9 Å². The minimum absolute atomic E-state index is 0.0327. The molecule has 0 spiro atoms. The van der Waals surface area contributed by atoms with Crippen LogP contribution in [0.15, 0.2) is 54.6 Å². The number of carbonyl (C=O) groups excluding carboxylic acids is 1. The van der Waals surface area contributed by atoms with Crippen molar-refractivity contribution in [1.29, 1.82) is 0 Å². The highest BCUT2D eigenvalue weighted by Gasteiger charge is 2.17. The molecule has 2 heterocycles. The largest absolute Gasteiger partial charge is 0.321 e. The van der Waals surface area contributed by atoms with E-state index in [1.165, 1.54) is 29.5 Å². The highest BCUT2D eigenvalue weighted by Crippen LogP contribution is 2.31. The number of anilines is 1. The van der Waals surface area contributed by atoms with Gasteiger partial charge in [-0.25, -0.2) is 9.07 Å². The van der Waals surface area contributed by atoms with Gasteiger partial charge in [-0.05, 0) is 43.3 Å². The molecule has 0 saturated carbocycles. The van der Waals surface area contributed by atoms with E-state index in [2.05, 4.69) is 10.4 Å². The molecule has 2 aromatic carbocycles. The second-order valence-corrected chi connectivity index (χ2v) is 7.18. The number of aromatic nitrogens is 2. The van der Waals surface area contributed by atoms with Crippen molar-refractivity contribution < 1.29 is 9.18 Å². The van der Waals surface area contributed by atoms with Crippen molar-refractivity contribution in [2.24, 2.45) is 0 Å². The summed E-state index contributed by atoms with van der Waals surface area (Å²) < 4.78 is 15.1. The molecule has 0 radical (unpaired) electrons. The summed E-state index contributed by atoms with van der Waals surface area (Å²) in [6, 6.07) is 15.7. The Bertz CT molecular complexity index is 1120. The molecule has 0 unspecified atom stereocenters. The Labute approximate surface area is 157 Å². The number of aryl methyl sites for hydroxylation is 1. The summed E-state index contributed by atoms with van der Waals surface area (Å²) in [5.74, 6) is -0.794. The van der Waals surface area contributed by atoms with Crippen molar-refractivity contribution in [2.75, 3.05) is 5.32 Å². The lowest BCUT2D eigenvalue weighted by atomic mass is 10.3. The Hall–Kier alpha value is -2.70. The molecule has 1 N–H and O–H groups in total. The van der Waals surface area contributed by atoms with Gasteiger partial charge in [0, 0.05) is 11.1 Å². The number of hydrogen-bond donors (Lipinski definition) is 1. The van der Waals surface area contributed by atoms with Gasteiger partial charge in [0.2, 0.25) is 0 Å². The number of carbonyl (C=O) groups is 1. The first-order valence-corrected chi connectivity index (χ1v) is 9.03. The standard InChI is InChI=1S/C19H13ClFN3OS/c1-11-14-10-17(18(25)22-12-7-8-16(21)15(20)9-12)26-19(14)24(23-11)13-5-3-2-4-6-13/h2-10H,1H3,(H,22,25). The van der Waals surface area contributed by atoms with Gasteiger partial charge >= 0.3 is 0 Å². The predicted molar refractivity (Wildman–Crippen MR) is 103 cm³/mol. The molecule has 4 rings (SSSR count). The van der Waals surface area contributed by atoms with Gasteiger partial charge < -0.3 is 5.32 Å². The Morgan fingerprint density at radius 3 is 2.69 bits per heavy atom. The maximum Gasteiger partial charge on any atom is 0.265 e. The van der Waals surface area contributed by atoms with E-state index < -0.39 is 5.82 Å². The van der Waals surface area contributed by atoms with Crippen LogP contribution in [0, 0.1) is 12.7 Å². The topological polar surface area (TPSA) is 46.9 Å². The summed E-state index contributed by atoms with van der Waals surface area (Å²) in [6.07, 6.45) is 0. The van der Waals surface area contributed by atoms with Crippen LogP contribution < -0.4 is 5.32 Å². The average molecular weight is 386 g/mol. The van der Waals surface area contributed by atoms with Crippen LogP contribution in [0.3, 0.4) is 0 Å². The summed E-state index contributed by atoms with van der Waals surface area (Å²) >= 11 is 7.12. The van der Waals surface area contributed by atoms with Crippen LogP contribution in [-0.4, -0.2) is 15.7 Å². The lowest BCUT2D eigenvalue weighted by Gasteiger charge is -2.04. The highest BCUT2D eigenvalue weighted by atomic mass is 35.5. The summed E-state index contributed by atoms with van der Waals surface area (Å²) in [4.78, 5) is 14.0. The molecule has 0 aliphatic carbocycles. The van der Waals surface area contributed by atoms with Crippen LogP contribution in [0.2, 0.25) is 5.02 Å². The fraction of sp³-hybridized carbons (Fsp3) is 0.0526. The lowest BCUT2D eigenvalue weighted by molar-refractivity contribution is 0.103. The maximum atomic E-state index is 13.3. The third kappa shape index (κ3) is 2.98. The first kappa shape index (κ1) is 16.8. The SMILES string of the molecule is Cc1nn(-c2ccccc2)c2sc(C(=O)Nc3ccc(F)c(Cl)c3)cc12. The Morgan fingerprint density at radius 1 is 1.19 bits per heavy atom. The van der Waals surface area contributed by atoms with Gasteiger partial charge in [-0.1, -0.05) is 29.8 Å². The maximum absolute atomic E-state index is 13.3. The number of nitrogens with one attached hydrogen (secondary N) is 1. The highest BCUT2D eigenvalue weighted by molar-refractivity contribution is 7.20. The zero-order valence-electron chi connectivity index (χ0n) is 13.7. The second-order valence-electron chi connectivity index (χ2n) is 5.75. The van der Waals surface area contributed by atoms with E-state index in [4.69, 9.17) is 11.6 Å². The molecule has 4 nitrogen and oxygen atoms in total. The minimum atomic E-state index is -0.523. The number of thiophene rings is 1. The van der Waals surface area contributed by atoms with Gasteiger partial charge in [0.15, 0.2) is 0 Å². The molecule has 1 amide bonds. The van der Waals surface area contributed by atoms with Gasteiger partial charge in [-0.15, -0.1) is 11.3 Å². The van der Waals surface area contributed by atoms with Crippen LogP contribution in [0.5, 0.6) is 0 Å². The summed E-state index contributed by atoms with van der Waals surface area (Å²) in [6.45, 7) is 1.91. The Balaban J connectivity index is 1.69. The molecule has 130 valence electrons. The van der Waals surface area contributed by atoms with E-state index in [1.54, 1.807) is 0 Å². The van der Waals surface area contributed by atoms with Crippen LogP contribution in [-0.2, 0) is 0 Å². The molecule has 7 heteroatoms. The molecule has 0 fully saturated rings. The van der Waals surface area contributed by atoms with Crippen molar-refractivity contribution in [2.45, 2.75) is 6.92 Å². The number of benzene rings is 2. The Morgan fingerprint density at radius 2 is 1.96 bits per heavy atom. The van der Waals surface area contributed by atoms with E-state index in [-0.39, 0.29) is 10.9 Å². The number of para-hydroxylation sites is 1. The first-order valence-electron chi connectivity index (χ1n) is 7.84. The van der Waals surface area contributed by atoms with Gasteiger partial charge in [-0.2, -0.15) is 5.10 Å². The number of amides is 1. The first-order chi connectivity index (χ1) is 12.5. The minimum Gasteiger partial charge on any atom is -0.321 e. The van der Waals surface area contributed by atoms with Crippen molar-refractivity contribution >= 4 is 44.7 Å². The fourth-order valence-electron chi connectivity index (χ4n) is 2.67. The van der Waals surface area contributed by atoms with Gasteiger partial charge in [0.1, 0.15) is 10.6 Å². The summed E-state index contributed by atoms with van der Waals surface area (Å²) in [5.41, 5.74) is 2.23. The molecule has 0 saturated heterocycles. The zero-order chi connectivity index (χ0) is 18.3. The van der Waals surface area contributed by atoms with Gasteiger partial charge in [0.25, 0.3) is 5.91 Å². The number of hydrogen-bond acceptors (Lipinski definition) is 3. The molecule has 0 aliphatic rings. The molecule has 2 aromatic heterocycles. The third-order valence-corrected chi connectivity index (χ3v) is 5.35. The molecule has 0 bridgehead atoms. The molecular formula is C19H13ClFN3OS.